The maximum atomic E-state index is 11.6. The maximum Gasteiger partial charge on any atom is 0.323 e. The quantitative estimate of drug-likeness (QED) is 0.189. The fourth-order valence-corrected chi connectivity index (χ4v) is 1.03. The molecule has 0 aromatic heterocycles. The molecule has 0 rings (SSSR count). The second-order valence-electron chi connectivity index (χ2n) is 4.44. The van der Waals surface area contributed by atoms with Crippen LogP contribution in [-0.4, -0.2) is 36.7 Å². The van der Waals surface area contributed by atoms with Gasteiger partial charge in [-0.15, -0.1) is 0 Å². The lowest BCUT2D eigenvalue weighted by Crippen LogP contribution is -2.42. The third-order valence-electron chi connectivity index (χ3n) is 2.14. The van der Waals surface area contributed by atoms with Gasteiger partial charge < -0.3 is 27.7 Å². The molecular formula is C10H23N5O2. The highest BCUT2D eigenvalue weighted by molar-refractivity contribution is 5.76. The van der Waals surface area contributed by atoms with Gasteiger partial charge in [0.25, 0.3) is 0 Å². The highest BCUT2D eigenvalue weighted by atomic mass is 16.6. The fourth-order valence-electron chi connectivity index (χ4n) is 1.03. The molecule has 0 saturated carbocycles. The number of aliphatic imine (C=N–C) groups is 1. The number of nitrogens with two attached hydrogens (primary N) is 4. The average molecular weight is 245 g/mol. The van der Waals surface area contributed by atoms with Crippen LogP contribution in [0.15, 0.2) is 4.99 Å². The van der Waals surface area contributed by atoms with E-state index in [1.54, 1.807) is 13.8 Å². The number of rotatable bonds is 7. The van der Waals surface area contributed by atoms with Crippen LogP contribution < -0.4 is 22.9 Å². The molecule has 0 spiro atoms. The largest absolute Gasteiger partial charge is 0.457 e. The number of hydrogen-bond donors (Lipinski definition) is 4. The van der Waals surface area contributed by atoms with E-state index in [9.17, 15) is 4.79 Å². The molecule has 0 aromatic rings. The van der Waals surface area contributed by atoms with E-state index in [4.69, 9.17) is 27.7 Å². The SMILES string of the molecule is CC(C)(CN)OC(=O)[C@@H](N)CCCN=C(N)N. The van der Waals surface area contributed by atoms with Crippen LogP contribution in [0, 0.1) is 0 Å². The molecule has 7 heteroatoms. The van der Waals surface area contributed by atoms with E-state index >= 15 is 0 Å². The summed E-state index contributed by atoms with van der Waals surface area (Å²) in [6, 6.07) is -0.671. The second kappa shape index (κ2) is 7.08. The average Bonchev–Trinajstić information content (AvgIpc) is 2.23. The van der Waals surface area contributed by atoms with Crippen LogP contribution in [-0.2, 0) is 9.53 Å². The van der Waals surface area contributed by atoms with Gasteiger partial charge in [-0.25, -0.2) is 0 Å². The summed E-state index contributed by atoms with van der Waals surface area (Å²) >= 11 is 0. The Morgan fingerprint density at radius 2 is 2.00 bits per heavy atom. The summed E-state index contributed by atoms with van der Waals surface area (Å²) in [7, 11) is 0. The molecule has 0 aliphatic heterocycles. The van der Waals surface area contributed by atoms with Gasteiger partial charge in [-0.1, -0.05) is 0 Å². The molecule has 0 radical (unpaired) electrons. The van der Waals surface area contributed by atoms with Crippen molar-refractivity contribution in [3.05, 3.63) is 0 Å². The van der Waals surface area contributed by atoms with Crippen LogP contribution >= 0.6 is 0 Å². The molecule has 0 aromatic carbocycles. The molecule has 100 valence electrons. The summed E-state index contributed by atoms with van der Waals surface area (Å²) in [6.07, 6.45) is 1.09. The van der Waals surface area contributed by atoms with Gasteiger partial charge in [-0.3, -0.25) is 9.79 Å². The van der Waals surface area contributed by atoms with E-state index in [2.05, 4.69) is 4.99 Å². The van der Waals surface area contributed by atoms with Gasteiger partial charge in [0.1, 0.15) is 11.6 Å². The Morgan fingerprint density at radius 1 is 1.41 bits per heavy atom. The molecular weight excluding hydrogens is 222 g/mol. The molecule has 0 bridgehead atoms. The van der Waals surface area contributed by atoms with Crippen molar-refractivity contribution in [3.8, 4) is 0 Å². The summed E-state index contributed by atoms with van der Waals surface area (Å²) < 4.78 is 5.15. The van der Waals surface area contributed by atoms with Crippen LogP contribution in [0.2, 0.25) is 0 Å². The number of hydrogen-bond acceptors (Lipinski definition) is 5. The molecule has 0 amide bonds. The molecule has 0 fully saturated rings. The molecule has 17 heavy (non-hydrogen) atoms. The highest BCUT2D eigenvalue weighted by Gasteiger charge is 2.24. The van der Waals surface area contributed by atoms with Gasteiger partial charge >= 0.3 is 5.97 Å². The fraction of sp³-hybridized carbons (Fsp3) is 0.800. The lowest BCUT2D eigenvalue weighted by atomic mass is 10.1. The van der Waals surface area contributed by atoms with Gasteiger partial charge in [0.05, 0.1) is 0 Å². The molecule has 0 saturated heterocycles. The first-order chi connectivity index (χ1) is 7.78. The summed E-state index contributed by atoms with van der Waals surface area (Å²) in [5, 5.41) is 0. The topological polar surface area (TPSA) is 143 Å². The lowest BCUT2D eigenvalue weighted by molar-refractivity contribution is -0.157. The van der Waals surface area contributed by atoms with Crippen molar-refractivity contribution in [1.29, 1.82) is 0 Å². The monoisotopic (exact) mass is 245 g/mol. The van der Waals surface area contributed by atoms with E-state index in [1.165, 1.54) is 0 Å². The van der Waals surface area contributed by atoms with Crippen molar-refractivity contribution < 1.29 is 9.53 Å². The van der Waals surface area contributed by atoms with Crippen molar-refractivity contribution in [1.82, 2.24) is 0 Å². The first-order valence-electron chi connectivity index (χ1n) is 5.52. The number of esters is 1. The van der Waals surface area contributed by atoms with Crippen LogP contribution in [0.4, 0.5) is 0 Å². The van der Waals surface area contributed by atoms with Crippen LogP contribution in [0.1, 0.15) is 26.7 Å². The smallest absolute Gasteiger partial charge is 0.323 e. The van der Waals surface area contributed by atoms with E-state index in [0.29, 0.717) is 19.4 Å². The molecule has 1 atom stereocenters. The minimum atomic E-state index is -0.686. The third-order valence-corrected chi connectivity index (χ3v) is 2.14. The number of guanidine groups is 1. The van der Waals surface area contributed by atoms with Crippen molar-refractivity contribution in [2.75, 3.05) is 13.1 Å². The van der Waals surface area contributed by atoms with Crippen LogP contribution in [0.3, 0.4) is 0 Å². The molecule has 0 heterocycles. The Labute approximate surface area is 102 Å². The zero-order valence-corrected chi connectivity index (χ0v) is 10.5. The zero-order valence-electron chi connectivity index (χ0n) is 10.5. The minimum Gasteiger partial charge on any atom is -0.457 e. The van der Waals surface area contributed by atoms with Crippen molar-refractivity contribution >= 4 is 11.9 Å². The van der Waals surface area contributed by atoms with Gasteiger partial charge in [-0.2, -0.15) is 0 Å². The number of carbonyl (C=O) groups is 1. The molecule has 7 nitrogen and oxygen atoms in total. The first-order valence-corrected chi connectivity index (χ1v) is 5.52. The van der Waals surface area contributed by atoms with E-state index in [0.717, 1.165) is 0 Å². The standard InChI is InChI=1S/C10H23N5O2/c1-10(2,6-11)17-8(16)7(12)4-3-5-15-9(13)14/h7H,3-6,11-12H2,1-2H3,(H4,13,14,15)/t7-/m0/s1. The van der Waals surface area contributed by atoms with E-state index in [1.807, 2.05) is 0 Å². The Morgan fingerprint density at radius 3 is 2.47 bits per heavy atom. The van der Waals surface area contributed by atoms with Gasteiger partial charge in [0.2, 0.25) is 0 Å². The Kier molecular flexibility index (Phi) is 6.52. The van der Waals surface area contributed by atoms with Crippen LogP contribution in [0.5, 0.6) is 0 Å². The molecule has 8 N–H and O–H groups in total. The van der Waals surface area contributed by atoms with Crippen LogP contribution in [0.25, 0.3) is 0 Å². The minimum absolute atomic E-state index is 0.0328. The Bertz CT molecular complexity index is 274. The number of ether oxygens (including phenoxy) is 1. The second-order valence-corrected chi connectivity index (χ2v) is 4.44. The molecule has 0 aliphatic carbocycles. The summed E-state index contributed by atoms with van der Waals surface area (Å²) in [5.41, 5.74) is 20.8. The lowest BCUT2D eigenvalue weighted by Gasteiger charge is -2.24. The summed E-state index contributed by atoms with van der Waals surface area (Å²) in [4.78, 5) is 15.3. The first kappa shape index (κ1) is 15.7. The van der Waals surface area contributed by atoms with Crippen molar-refractivity contribution in [3.63, 3.8) is 0 Å². The molecule has 0 aliphatic rings. The predicted molar refractivity (Wildman–Crippen MR) is 67.1 cm³/mol. The number of carbonyl (C=O) groups excluding carboxylic acids is 1. The van der Waals surface area contributed by atoms with Gasteiger partial charge in [0, 0.05) is 13.1 Å². The number of nitrogens with zero attached hydrogens (tertiary/aromatic N) is 1. The maximum absolute atomic E-state index is 11.6. The van der Waals surface area contributed by atoms with E-state index < -0.39 is 17.6 Å². The third kappa shape index (κ3) is 7.53. The van der Waals surface area contributed by atoms with Crippen molar-refractivity contribution in [2.45, 2.75) is 38.3 Å². The van der Waals surface area contributed by atoms with E-state index in [-0.39, 0.29) is 12.5 Å². The molecule has 0 unspecified atom stereocenters. The normalized spacial score (nSPS) is 12.9. The Balaban J connectivity index is 3.94. The zero-order chi connectivity index (χ0) is 13.5. The Hall–Kier alpha value is -1.34. The van der Waals surface area contributed by atoms with Gasteiger partial charge in [-0.05, 0) is 26.7 Å². The van der Waals surface area contributed by atoms with Crippen molar-refractivity contribution in [2.24, 2.45) is 27.9 Å². The predicted octanol–water partition coefficient (Wildman–Crippen LogP) is -1.35. The highest BCUT2D eigenvalue weighted by Crippen LogP contribution is 2.09. The van der Waals surface area contributed by atoms with Gasteiger partial charge in [0.15, 0.2) is 5.96 Å². The summed E-state index contributed by atoms with van der Waals surface area (Å²) in [5.74, 6) is -0.421. The summed E-state index contributed by atoms with van der Waals surface area (Å²) in [6.45, 7) is 4.16.